The van der Waals surface area contributed by atoms with E-state index < -0.39 is 17.7 Å². The summed E-state index contributed by atoms with van der Waals surface area (Å²) >= 11 is 1.68. The van der Waals surface area contributed by atoms with Gasteiger partial charge in [-0.15, -0.1) is 16.9 Å². The van der Waals surface area contributed by atoms with Crippen LogP contribution in [0.5, 0.6) is 5.75 Å². The number of thioether (sulfide) groups is 1. The maximum atomic E-state index is 13.5. The number of fused-ring (bicyclic) bond motifs is 1. The third-order valence-electron chi connectivity index (χ3n) is 6.35. The summed E-state index contributed by atoms with van der Waals surface area (Å²) in [6.07, 6.45) is 0. The largest absolute Gasteiger partial charge is 0.497 e. The molecule has 2 N–H and O–H groups in total. The number of ether oxygens (including phenoxy) is 1. The van der Waals surface area contributed by atoms with Gasteiger partial charge in [-0.1, -0.05) is 12.1 Å². The highest BCUT2D eigenvalue weighted by molar-refractivity contribution is 8.01. The first kappa shape index (κ1) is 20.3. The number of H-pyrrole nitrogens is 1. The number of nitrogens with one attached hydrogen (secondary N) is 2. The Kier molecular flexibility index (Phi) is 4.36. The number of hydrogen-bond acceptors (Lipinski definition) is 8. The second-order valence-corrected chi connectivity index (χ2v) is 10.9. The maximum absolute atomic E-state index is 13.5. The monoisotopic (exact) mass is 443 g/mol. The highest BCUT2D eigenvalue weighted by atomic mass is 32.2. The van der Waals surface area contributed by atoms with Crippen LogP contribution < -0.4 is 10.1 Å². The molecule has 4 heterocycles. The molecule has 2 amide bonds. The van der Waals surface area contributed by atoms with Gasteiger partial charge in [0.15, 0.2) is 5.82 Å². The molecule has 0 aliphatic carbocycles. The normalized spacial score (nSPS) is 31.0. The third-order valence-corrected chi connectivity index (χ3v) is 7.90. The van der Waals surface area contributed by atoms with Crippen molar-refractivity contribution in [1.29, 1.82) is 0 Å². The number of amides is 2. The van der Waals surface area contributed by atoms with E-state index in [1.165, 1.54) is 0 Å². The number of tetrazole rings is 1. The van der Waals surface area contributed by atoms with Gasteiger partial charge in [-0.3, -0.25) is 14.9 Å². The molecular weight excluding hydrogens is 418 g/mol. The number of nitrogens with zero attached hydrogens (tertiary/aromatic N) is 5. The number of methoxy groups -OCH3 is 1. The molecule has 11 heteroatoms. The van der Waals surface area contributed by atoms with Crippen molar-refractivity contribution in [3.05, 3.63) is 35.7 Å². The quantitative estimate of drug-likeness (QED) is 0.678. The Balaban J connectivity index is 1.44. The Hall–Kier alpha value is -2.66. The summed E-state index contributed by atoms with van der Waals surface area (Å²) in [6.45, 7) is 8.02. The molecule has 0 spiro atoms. The van der Waals surface area contributed by atoms with E-state index in [0.717, 1.165) is 11.3 Å². The zero-order chi connectivity index (χ0) is 22.1. The lowest BCUT2D eigenvalue weighted by molar-refractivity contribution is -0.165. The zero-order valence-electron chi connectivity index (χ0n) is 18.0. The summed E-state index contributed by atoms with van der Waals surface area (Å²) in [6, 6.07) is 6.10. The first-order valence-electron chi connectivity index (χ1n) is 10.1. The molecule has 1 aromatic carbocycles. The Labute approximate surface area is 184 Å². The minimum absolute atomic E-state index is 0.0805. The topological polar surface area (TPSA) is 116 Å². The van der Waals surface area contributed by atoms with Crippen molar-refractivity contribution in [2.75, 3.05) is 7.11 Å². The predicted octanol–water partition coefficient (Wildman–Crippen LogP) is 1.22. The number of aromatic amines is 1. The van der Waals surface area contributed by atoms with E-state index >= 15 is 0 Å². The Bertz CT molecular complexity index is 1020. The maximum Gasteiger partial charge on any atom is 0.250 e. The molecule has 3 aliphatic heterocycles. The van der Waals surface area contributed by atoms with Crippen LogP contribution in [0.25, 0.3) is 0 Å². The van der Waals surface area contributed by atoms with Crippen LogP contribution in [-0.2, 0) is 9.59 Å². The molecule has 5 rings (SSSR count). The molecule has 3 aliphatic rings. The van der Waals surface area contributed by atoms with E-state index in [9.17, 15) is 9.59 Å². The molecule has 164 valence electrons. The Morgan fingerprint density at radius 2 is 1.81 bits per heavy atom. The lowest BCUT2D eigenvalue weighted by Gasteiger charge is -2.50. The molecule has 3 fully saturated rings. The molecule has 0 radical (unpaired) electrons. The minimum atomic E-state index is -0.676. The van der Waals surface area contributed by atoms with Gasteiger partial charge < -0.3 is 14.5 Å². The van der Waals surface area contributed by atoms with Gasteiger partial charge in [0.1, 0.15) is 29.2 Å². The standard InChI is InChI=1S/C20H25N7O3S/c1-19(2)14(15-22-24-25-23-15)26-17(29)13(18(26)31-19)27-16(28)12(21-20(27,3)4)10-6-8-11(30-5)9-7-10/h6-9,12-14,18,21H,1-5H3,(H,22,23,24,25)/t12?,13?,14?,18-/m1/s1. The first-order chi connectivity index (χ1) is 14.7. The predicted molar refractivity (Wildman–Crippen MR) is 113 cm³/mol. The van der Waals surface area contributed by atoms with Crippen LogP contribution in [0, 0.1) is 0 Å². The average molecular weight is 444 g/mol. The van der Waals surface area contributed by atoms with E-state index in [0.29, 0.717) is 5.82 Å². The number of rotatable bonds is 4. The summed E-state index contributed by atoms with van der Waals surface area (Å²) in [5.74, 6) is 1.11. The van der Waals surface area contributed by atoms with Gasteiger partial charge >= 0.3 is 0 Å². The van der Waals surface area contributed by atoms with Crippen molar-refractivity contribution < 1.29 is 14.3 Å². The van der Waals surface area contributed by atoms with Crippen LogP contribution >= 0.6 is 11.8 Å². The number of aromatic nitrogens is 4. The van der Waals surface area contributed by atoms with Crippen molar-refractivity contribution in [3.63, 3.8) is 0 Å². The molecule has 3 saturated heterocycles. The van der Waals surface area contributed by atoms with E-state index in [1.54, 1.807) is 23.8 Å². The molecule has 2 aromatic rings. The molecule has 10 nitrogen and oxygen atoms in total. The van der Waals surface area contributed by atoms with Crippen LogP contribution in [0.3, 0.4) is 0 Å². The SMILES string of the molecule is COc1ccc(C2NC(C)(C)N(C3C(=O)N4C(c5nnn[nH]5)C(C)(C)S[C@H]34)C2=O)cc1. The van der Waals surface area contributed by atoms with Crippen LogP contribution in [0.2, 0.25) is 0 Å². The summed E-state index contributed by atoms with van der Waals surface area (Å²) in [4.78, 5) is 30.4. The summed E-state index contributed by atoms with van der Waals surface area (Å²) in [5, 5.41) is 17.5. The van der Waals surface area contributed by atoms with Crippen LogP contribution in [0.1, 0.15) is 51.2 Å². The average Bonchev–Trinajstić information content (AvgIpc) is 3.39. The van der Waals surface area contributed by atoms with Gasteiger partial charge in [-0.25, -0.2) is 5.10 Å². The lowest BCUT2D eigenvalue weighted by atomic mass is 9.93. The molecule has 1 aromatic heterocycles. The fourth-order valence-electron chi connectivity index (χ4n) is 4.96. The lowest BCUT2D eigenvalue weighted by Crippen LogP contribution is -2.71. The van der Waals surface area contributed by atoms with Crippen LogP contribution in [-0.4, -0.2) is 71.2 Å². The number of benzene rings is 1. The highest BCUT2D eigenvalue weighted by Gasteiger charge is 2.67. The number of carbonyl (C=O) groups excluding carboxylic acids is 2. The highest BCUT2D eigenvalue weighted by Crippen LogP contribution is 2.58. The van der Waals surface area contributed by atoms with Gasteiger partial charge in [-0.2, -0.15) is 0 Å². The third kappa shape index (κ3) is 2.86. The second-order valence-electron chi connectivity index (χ2n) is 9.11. The fraction of sp³-hybridized carbons (Fsp3) is 0.550. The Morgan fingerprint density at radius 3 is 2.42 bits per heavy atom. The number of β-lactam (4-membered cyclic amide) rings is 1. The number of hydrogen-bond donors (Lipinski definition) is 2. The van der Waals surface area contributed by atoms with E-state index in [1.807, 2.05) is 43.0 Å². The van der Waals surface area contributed by atoms with E-state index in [2.05, 4.69) is 39.8 Å². The van der Waals surface area contributed by atoms with Gasteiger partial charge in [0.05, 0.1) is 12.8 Å². The van der Waals surface area contributed by atoms with Gasteiger partial charge in [0, 0.05) is 4.75 Å². The van der Waals surface area contributed by atoms with E-state index in [-0.39, 0.29) is 28.0 Å². The zero-order valence-corrected chi connectivity index (χ0v) is 18.8. The van der Waals surface area contributed by atoms with Crippen molar-refractivity contribution >= 4 is 23.6 Å². The van der Waals surface area contributed by atoms with Crippen molar-refractivity contribution in [2.24, 2.45) is 0 Å². The summed E-state index contributed by atoms with van der Waals surface area (Å²) in [7, 11) is 1.61. The molecular formula is C20H25N7O3S. The molecule has 0 saturated carbocycles. The van der Waals surface area contributed by atoms with Crippen molar-refractivity contribution in [3.8, 4) is 5.75 Å². The van der Waals surface area contributed by atoms with Crippen molar-refractivity contribution in [2.45, 2.75) is 61.6 Å². The van der Waals surface area contributed by atoms with Crippen molar-refractivity contribution in [1.82, 2.24) is 35.7 Å². The fourth-order valence-corrected chi connectivity index (χ4v) is 6.65. The van der Waals surface area contributed by atoms with E-state index in [4.69, 9.17) is 4.74 Å². The summed E-state index contributed by atoms with van der Waals surface area (Å²) in [5.41, 5.74) is 0.167. The first-order valence-corrected chi connectivity index (χ1v) is 11.0. The Morgan fingerprint density at radius 1 is 1.10 bits per heavy atom. The van der Waals surface area contributed by atoms with Gasteiger partial charge in [0.2, 0.25) is 11.8 Å². The molecule has 3 unspecified atom stereocenters. The smallest absolute Gasteiger partial charge is 0.250 e. The molecule has 4 atom stereocenters. The minimum Gasteiger partial charge on any atom is -0.497 e. The number of carbonyl (C=O) groups is 2. The summed E-state index contributed by atoms with van der Waals surface area (Å²) < 4.78 is 4.92. The second kappa shape index (κ2) is 6.67. The van der Waals surface area contributed by atoms with Gasteiger partial charge in [0.25, 0.3) is 0 Å². The van der Waals surface area contributed by atoms with Gasteiger partial charge in [-0.05, 0) is 55.8 Å². The molecule has 31 heavy (non-hydrogen) atoms. The molecule has 0 bridgehead atoms. The van der Waals surface area contributed by atoms with Crippen LogP contribution in [0.15, 0.2) is 24.3 Å². The van der Waals surface area contributed by atoms with Crippen LogP contribution in [0.4, 0.5) is 0 Å².